The van der Waals surface area contributed by atoms with E-state index in [1.54, 1.807) is 23.0 Å². The van der Waals surface area contributed by atoms with Crippen molar-refractivity contribution in [1.29, 1.82) is 0 Å². The molecular weight excluding hydrogens is 388 g/mol. The fourth-order valence-corrected chi connectivity index (χ4v) is 4.88. The van der Waals surface area contributed by atoms with Crippen LogP contribution in [-0.4, -0.2) is 34.1 Å². The number of ketones is 1. The number of carbonyl (C=O) groups is 1. The molecule has 4 rings (SSSR count). The highest BCUT2D eigenvalue weighted by atomic mass is 32.1. The molecule has 29 heavy (non-hydrogen) atoms. The molecule has 2 N–H and O–H groups in total. The Morgan fingerprint density at radius 3 is 2.79 bits per heavy atom. The van der Waals surface area contributed by atoms with Gasteiger partial charge in [-0.15, -0.1) is 11.3 Å². The number of anilines is 1. The molecule has 0 spiro atoms. The fraction of sp³-hybridized carbons (Fsp3) is 0.286. The molecule has 0 fully saturated rings. The van der Waals surface area contributed by atoms with Gasteiger partial charge in [-0.2, -0.15) is 5.10 Å². The van der Waals surface area contributed by atoms with Gasteiger partial charge in [0.05, 0.1) is 18.4 Å². The molecule has 3 heterocycles. The Labute approximate surface area is 172 Å². The number of fused-ring (bicyclic) bond motifs is 2. The van der Waals surface area contributed by atoms with E-state index in [-0.39, 0.29) is 12.4 Å². The van der Waals surface area contributed by atoms with Crippen LogP contribution in [0.2, 0.25) is 0 Å². The average molecular weight is 410 g/mol. The number of ether oxygens (including phenoxy) is 2. The van der Waals surface area contributed by atoms with E-state index in [1.807, 2.05) is 19.9 Å². The minimum absolute atomic E-state index is 0.103. The SMILES string of the molecule is CCOCc1c(-c2cc3cc(C)cc(OC)c3s2)c2c(N)ncnn2c1C(C)=O. The smallest absolute Gasteiger partial charge is 0.178 e. The van der Waals surface area contributed by atoms with Crippen molar-refractivity contribution in [2.24, 2.45) is 0 Å². The number of aromatic nitrogens is 3. The van der Waals surface area contributed by atoms with Gasteiger partial charge >= 0.3 is 0 Å². The van der Waals surface area contributed by atoms with Crippen molar-refractivity contribution in [1.82, 2.24) is 14.6 Å². The van der Waals surface area contributed by atoms with Crippen molar-refractivity contribution in [2.45, 2.75) is 27.4 Å². The normalized spacial score (nSPS) is 11.4. The molecule has 0 bridgehead atoms. The number of rotatable bonds is 6. The standard InChI is InChI=1S/C21H22N4O3S/c1-5-28-9-14-17(19-21(22)23-10-24-25(19)18(14)12(3)26)16-8-13-6-11(2)7-15(27-4)20(13)29-16/h6-8,10H,5,9H2,1-4H3,(H2,22,23,24). The molecule has 0 amide bonds. The van der Waals surface area contributed by atoms with Crippen molar-refractivity contribution >= 4 is 38.5 Å². The summed E-state index contributed by atoms with van der Waals surface area (Å²) in [6, 6.07) is 6.22. The Kier molecular flexibility index (Phi) is 4.97. The van der Waals surface area contributed by atoms with Crippen LogP contribution in [0.25, 0.3) is 26.0 Å². The van der Waals surface area contributed by atoms with Gasteiger partial charge in [-0.1, -0.05) is 6.07 Å². The first-order valence-electron chi connectivity index (χ1n) is 9.27. The van der Waals surface area contributed by atoms with Crippen molar-refractivity contribution in [3.8, 4) is 16.2 Å². The first kappa shape index (κ1) is 19.4. The topological polar surface area (TPSA) is 91.7 Å². The van der Waals surface area contributed by atoms with Crippen LogP contribution in [0, 0.1) is 6.92 Å². The number of thiophene rings is 1. The Morgan fingerprint density at radius 2 is 2.10 bits per heavy atom. The van der Waals surface area contributed by atoms with Gasteiger partial charge in [-0.25, -0.2) is 9.50 Å². The number of Topliss-reactive ketones (excluding diaryl/α,β-unsaturated/α-hetero) is 1. The van der Waals surface area contributed by atoms with Crippen molar-refractivity contribution in [3.63, 3.8) is 0 Å². The molecule has 7 nitrogen and oxygen atoms in total. The molecule has 0 atom stereocenters. The van der Waals surface area contributed by atoms with E-state index in [1.165, 1.54) is 13.3 Å². The van der Waals surface area contributed by atoms with Gasteiger partial charge in [0.1, 0.15) is 23.3 Å². The van der Waals surface area contributed by atoms with E-state index >= 15 is 0 Å². The van der Waals surface area contributed by atoms with Gasteiger partial charge in [-0.3, -0.25) is 4.79 Å². The number of aryl methyl sites for hydroxylation is 1. The van der Waals surface area contributed by atoms with E-state index in [4.69, 9.17) is 15.2 Å². The van der Waals surface area contributed by atoms with Crippen LogP contribution in [0.3, 0.4) is 0 Å². The van der Waals surface area contributed by atoms with Crippen LogP contribution >= 0.6 is 11.3 Å². The molecule has 0 saturated heterocycles. The number of hydrogen-bond donors (Lipinski definition) is 1. The summed E-state index contributed by atoms with van der Waals surface area (Å²) in [5.74, 6) is 1.04. The van der Waals surface area contributed by atoms with E-state index < -0.39 is 0 Å². The Balaban J connectivity index is 2.10. The molecular formula is C21H22N4O3S. The number of carbonyl (C=O) groups excluding carboxylic acids is 1. The van der Waals surface area contributed by atoms with Gasteiger partial charge in [0, 0.05) is 29.5 Å². The second kappa shape index (κ2) is 7.46. The fourth-order valence-electron chi connectivity index (χ4n) is 3.67. The number of methoxy groups -OCH3 is 1. The van der Waals surface area contributed by atoms with E-state index in [0.717, 1.165) is 37.4 Å². The van der Waals surface area contributed by atoms with E-state index in [0.29, 0.717) is 23.6 Å². The Hall–Kier alpha value is -2.97. The molecule has 8 heteroatoms. The van der Waals surface area contributed by atoms with Crippen LogP contribution < -0.4 is 10.5 Å². The van der Waals surface area contributed by atoms with Gasteiger partial charge in [0.2, 0.25) is 0 Å². The highest BCUT2D eigenvalue weighted by molar-refractivity contribution is 7.22. The number of nitrogens with two attached hydrogens (primary N) is 1. The summed E-state index contributed by atoms with van der Waals surface area (Å²) in [5, 5.41) is 5.38. The van der Waals surface area contributed by atoms with Crippen molar-refractivity contribution < 1.29 is 14.3 Å². The minimum atomic E-state index is -0.103. The third-order valence-electron chi connectivity index (χ3n) is 4.83. The first-order chi connectivity index (χ1) is 14.0. The van der Waals surface area contributed by atoms with Gasteiger partial charge < -0.3 is 15.2 Å². The first-order valence-corrected chi connectivity index (χ1v) is 10.1. The van der Waals surface area contributed by atoms with Crippen LogP contribution in [0.5, 0.6) is 5.75 Å². The lowest BCUT2D eigenvalue weighted by molar-refractivity contribution is 0.0995. The summed E-state index contributed by atoms with van der Waals surface area (Å²) in [6.45, 7) is 6.30. The van der Waals surface area contributed by atoms with E-state index in [9.17, 15) is 4.79 Å². The molecule has 4 aromatic rings. The molecule has 0 unspecified atom stereocenters. The highest BCUT2D eigenvalue weighted by Crippen LogP contribution is 2.44. The number of hydrogen-bond acceptors (Lipinski definition) is 7. The maximum Gasteiger partial charge on any atom is 0.178 e. The third kappa shape index (κ3) is 3.14. The number of nitrogens with zero attached hydrogens (tertiary/aromatic N) is 3. The average Bonchev–Trinajstić information content (AvgIpc) is 3.24. The lowest BCUT2D eigenvalue weighted by Crippen LogP contribution is -2.07. The zero-order valence-corrected chi connectivity index (χ0v) is 17.6. The van der Waals surface area contributed by atoms with E-state index in [2.05, 4.69) is 22.2 Å². The maximum atomic E-state index is 12.5. The lowest BCUT2D eigenvalue weighted by atomic mass is 10.1. The molecule has 0 saturated carbocycles. The van der Waals surface area contributed by atoms with Crippen LogP contribution in [0.1, 0.15) is 35.5 Å². The Bertz CT molecular complexity index is 1240. The predicted molar refractivity (Wildman–Crippen MR) is 115 cm³/mol. The summed E-state index contributed by atoms with van der Waals surface area (Å²) in [7, 11) is 1.67. The number of nitrogen functional groups attached to an aromatic ring is 1. The van der Waals surface area contributed by atoms with Crippen LogP contribution in [0.4, 0.5) is 5.82 Å². The molecule has 0 aliphatic heterocycles. The summed E-state index contributed by atoms with van der Waals surface area (Å²) < 4.78 is 13.9. The molecule has 150 valence electrons. The largest absolute Gasteiger partial charge is 0.495 e. The molecule has 0 aliphatic rings. The van der Waals surface area contributed by atoms with Gasteiger partial charge in [0.25, 0.3) is 0 Å². The second-order valence-corrected chi connectivity index (χ2v) is 7.85. The third-order valence-corrected chi connectivity index (χ3v) is 6.01. The predicted octanol–water partition coefficient (Wildman–Crippen LogP) is 4.25. The zero-order valence-electron chi connectivity index (χ0n) is 16.8. The summed E-state index contributed by atoms with van der Waals surface area (Å²) >= 11 is 1.59. The second-order valence-electron chi connectivity index (χ2n) is 6.80. The van der Waals surface area contributed by atoms with Crippen molar-refractivity contribution in [3.05, 3.63) is 41.3 Å². The lowest BCUT2D eigenvalue weighted by Gasteiger charge is -2.05. The molecule has 1 aromatic carbocycles. The zero-order chi connectivity index (χ0) is 20.7. The monoisotopic (exact) mass is 410 g/mol. The highest BCUT2D eigenvalue weighted by Gasteiger charge is 2.26. The maximum absolute atomic E-state index is 12.5. The van der Waals surface area contributed by atoms with Gasteiger partial charge in [-0.05, 0) is 36.9 Å². The Morgan fingerprint density at radius 1 is 1.31 bits per heavy atom. The molecule has 0 radical (unpaired) electrons. The van der Waals surface area contributed by atoms with Crippen LogP contribution in [-0.2, 0) is 11.3 Å². The summed E-state index contributed by atoms with van der Waals surface area (Å²) in [4.78, 5) is 17.6. The minimum Gasteiger partial charge on any atom is -0.495 e. The van der Waals surface area contributed by atoms with Crippen LogP contribution in [0.15, 0.2) is 24.5 Å². The molecule has 0 aliphatic carbocycles. The number of benzene rings is 1. The quantitative estimate of drug-likeness (QED) is 0.478. The van der Waals surface area contributed by atoms with Crippen molar-refractivity contribution in [2.75, 3.05) is 19.5 Å². The summed E-state index contributed by atoms with van der Waals surface area (Å²) in [5.41, 5.74) is 10.0. The summed E-state index contributed by atoms with van der Waals surface area (Å²) in [6.07, 6.45) is 1.36. The van der Waals surface area contributed by atoms with Gasteiger partial charge in [0.15, 0.2) is 11.6 Å². The molecule has 3 aromatic heterocycles.